The quantitative estimate of drug-likeness (QED) is 0.458. The van der Waals surface area contributed by atoms with Crippen molar-refractivity contribution in [1.82, 2.24) is 4.90 Å². The summed E-state index contributed by atoms with van der Waals surface area (Å²) in [5.74, 6) is -0.168. The monoisotopic (exact) mass is 501 g/mol. The van der Waals surface area contributed by atoms with E-state index >= 15 is 0 Å². The molecule has 1 aliphatic heterocycles. The Balaban J connectivity index is 1.55. The summed E-state index contributed by atoms with van der Waals surface area (Å²) in [6.07, 6.45) is 0. The highest BCUT2D eigenvalue weighted by molar-refractivity contribution is 6.07. The highest BCUT2D eigenvalue weighted by Gasteiger charge is 2.25. The normalized spacial score (nSPS) is 13.1. The molecule has 0 aromatic heterocycles. The van der Waals surface area contributed by atoms with Gasteiger partial charge in [-0.15, -0.1) is 0 Å². The van der Waals surface area contributed by atoms with Crippen LogP contribution in [0.2, 0.25) is 0 Å². The number of anilines is 2. The van der Waals surface area contributed by atoms with Crippen LogP contribution in [0.15, 0.2) is 72.8 Å². The van der Waals surface area contributed by atoms with Gasteiger partial charge in [0.1, 0.15) is 5.75 Å². The number of carbonyl (C=O) groups is 3. The molecule has 8 heteroatoms. The second-order valence-corrected chi connectivity index (χ2v) is 8.51. The standard InChI is InChI=1S/C29H31N3O5/c1-3-36-24-12-8-11-22(19-24)27(33)30-25-20-23(29(35)37-4-2)13-14-26(25)31-15-17-32(18-16-31)28(34)21-9-6-5-7-10-21/h5-14,19-20H,3-4,15-18H2,1-2H3,(H,30,33). The molecule has 3 aromatic carbocycles. The van der Waals surface area contributed by atoms with E-state index in [4.69, 9.17) is 9.47 Å². The van der Waals surface area contributed by atoms with Gasteiger partial charge in [-0.2, -0.15) is 0 Å². The van der Waals surface area contributed by atoms with Crippen LogP contribution in [0, 0.1) is 0 Å². The lowest BCUT2D eigenvalue weighted by Crippen LogP contribution is -2.49. The van der Waals surface area contributed by atoms with E-state index in [-0.39, 0.29) is 18.4 Å². The molecule has 0 radical (unpaired) electrons. The fourth-order valence-electron chi connectivity index (χ4n) is 4.26. The molecule has 0 unspecified atom stereocenters. The molecule has 1 heterocycles. The van der Waals surface area contributed by atoms with E-state index in [0.717, 1.165) is 5.69 Å². The van der Waals surface area contributed by atoms with E-state index < -0.39 is 5.97 Å². The molecule has 0 aliphatic carbocycles. The van der Waals surface area contributed by atoms with Crippen molar-refractivity contribution in [3.8, 4) is 5.75 Å². The predicted octanol–water partition coefficient (Wildman–Crippen LogP) is 4.48. The van der Waals surface area contributed by atoms with Gasteiger partial charge in [0.2, 0.25) is 0 Å². The molecule has 1 aliphatic rings. The Bertz CT molecular complexity index is 1250. The average molecular weight is 502 g/mol. The molecular weight excluding hydrogens is 470 g/mol. The molecule has 3 aromatic rings. The van der Waals surface area contributed by atoms with Crippen molar-refractivity contribution in [2.75, 3.05) is 49.6 Å². The third-order valence-corrected chi connectivity index (χ3v) is 6.09. The zero-order valence-electron chi connectivity index (χ0n) is 21.1. The molecule has 4 rings (SSSR count). The lowest BCUT2D eigenvalue weighted by Gasteiger charge is -2.37. The molecule has 0 bridgehead atoms. The van der Waals surface area contributed by atoms with Crippen LogP contribution in [-0.2, 0) is 4.74 Å². The maximum absolute atomic E-state index is 13.2. The maximum atomic E-state index is 13.2. The lowest BCUT2D eigenvalue weighted by atomic mass is 10.1. The minimum atomic E-state index is -0.457. The summed E-state index contributed by atoms with van der Waals surface area (Å²) in [7, 11) is 0. The highest BCUT2D eigenvalue weighted by Crippen LogP contribution is 2.30. The highest BCUT2D eigenvalue weighted by atomic mass is 16.5. The summed E-state index contributed by atoms with van der Waals surface area (Å²) in [5, 5.41) is 2.97. The van der Waals surface area contributed by atoms with Gasteiger partial charge in [0.15, 0.2) is 0 Å². The summed E-state index contributed by atoms with van der Waals surface area (Å²) in [6.45, 7) is 6.62. The van der Waals surface area contributed by atoms with E-state index in [9.17, 15) is 14.4 Å². The SMILES string of the molecule is CCOC(=O)c1ccc(N2CCN(C(=O)c3ccccc3)CC2)c(NC(=O)c2cccc(OCC)c2)c1. The summed E-state index contributed by atoms with van der Waals surface area (Å²) in [5.41, 5.74) is 2.73. The number of carbonyl (C=O) groups excluding carboxylic acids is 3. The Morgan fingerprint density at radius 3 is 2.22 bits per heavy atom. The number of hydrogen-bond donors (Lipinski definition) is 1. The summed E-state index contributed by atoms with van der Waals surface area (Å²) in [6, 6.07) is 21.3. The first kappa shape index (κ1) is 25.8. The second kappa shape index (κ2) is 12.1. The predicted molar refractivity (Wildman–Crippen MR) is 143 cm³/mol. The number of esters is 1. The van der Waals surface area contributed by atoms with Crippen LogP contribution in [0.4, 0.5) is 11.4 Å². The molecule has 0 saturated carbocycles. The molecule has 0 atom stereocenters. The van der Waals surface area contributed by atoms with Crippen molar-refractivity contribution >= 4 is 29.2 Å². The van der Waals surface area contributed by atoms with E-state index in [0.29, 0.717) is 60.9 Å². The second-order valence-electron chi connectivity index (χ2n) is 8.51. The molecule has 0 spiro atoms. The Labute approximate surface area is 216 Å². The molecule has 1 fully saturated rings. The molecule has 8 nitrogen and oxygen atoms in total. The third-order valence-electron chi connectivity index (χ3n) is 6.09. The van der Waals surface area contributed by atoms with Crippen LogP contribution in [0.3, 0.4) is 0 Å². The number of nitrogens with zero attached hydrogens (tertiary/aromatic N) is 2. The Hall–Kier alpha value is -4.33. The zero-order valence-corrected chi connectivity index (χ0v) is 21.1. The fourth-order valence-corrected chi connectivity index (χ4v) is 4.26. The van der Waals surface area contributed by atoms with Crippen LogP contribution in [0.1, 0.15) is 44.9 Å². The third kappa shape index (κ3) is 6.27. The van der Waals surface area contributed by atoms with Crippen LogP contribution < -0.4 is 15.0 Å². The topological polar surface area (TPSA) is 88.2 Å². The Kier molecular flexibility index (Phi) is 8.40. The number of hydrogen-bond acceptors (Lipinski definition) is 6. The number of benzene rings is 3. The summed E-state index contributed by atoms with van der Waals surface area (Å²) >= 11 is 0. The molecular formula is C29H31N3O5. The molecule has 192 valence electrons. The number of ether oxygens (including phenoxy) is 2. The molecule has 37 heavy (non-hydrogen) atoms. The van der Waals surface area contributed by atoms with Crippen LogP contribution >= 0.6 is 0 Å². The number of piperazine rings is 1. The summed E-state index contributed by atoms with van der Waals surface area (Å²) < 4.78 is 10.7. The van der Waals surface area contributed by atoms with E-state index in [2.05, 4.69) is 10.2 Å². The molecule has 1 N–H and O–H groups in total. The molecule has 1 saturated heterocycles. The van der Waals surface area contributed by atoms with Crippen molar-refractivity contribution in [3.05, 3.63) is 89.5 Å². The van der Waals surface area contributed by atoms with Crippen LogP contribution in [0.25, 0.3) is 0 Å². The fraction of sp³-hybridized carbons (Fsp3) is 0.276. The van der Waals surface area contributed by atoms with Gasteiger partial charge in [-0.1, -0.05) is 24.3 Å². The van der Waals surface area contributed by atoms with Crippen molar-refractivity contribution in [3.63, 3.8) is 0 Å². The minimum absolute atomic E-state index is 0.000570. The van der Waals surface area contributed by atoms with Gasteiger partial charge in [0.05, 0.1) is 30.2 Å². The largest absolute Gasteiger partial charge is 0.494 e. The first-order chi connectivity index (χ1) is 18.0. The van der Waals surface area contributed by atoms with E-state index in [1.807, 2.05) is 48.2 Å². The van der Waals surface area contributed by atoms with Crippen molar-refractivity contribution in [2.45, 2.75) is 13.8 Å². The number of rotatable bonds is 8. The van der Waals surface area contributed by atoms with Gasteiger partial charge >= 0.3 is 5.97 Å². The molecule has 2 amide bonds. The van der Waals surface area contributed by atoms with Gasteiger partial charge in [-0.3, -0.25) is 9.59 Å². The first-order valence-corrected chi connectivity index (χ1v) is 12.4. The van der Waals surface area contributed by atoms with E-state index in [1.54, 1.807) is 43.3 Å². The summed E-state index contributed by atoms with van der Waals surface area (Å²) in [4.78, 5) is 42.3. The number of nitrogens with one attached hydrogen (secondary N) is 1. The van der Waals surface area contributed by atoms with Gasteiger partial charge in [-0.25, -0.2) is 4.79 Å². The smallest absolute Gasteiger partial charge is 0.338 e. The van der Waals surface area contributed by atoms with Crippen molar-refractivity contribution in [2.24, 2.45) is 0 Å². The minimum Gasteiger partial charge on any atom is -0.494 e. The lowest BCUT2D eigenvalue weighted by molar-refractivity contribution is 0.0526. The van der Waals surface area contributed by atoms with Crippen LogP contribution in [0.5, 0.6) is 5.75 Å². The van der Waals surface area contributed by atoms with Gasteiger partial charge in [0.25, 0.3) is 11.8 Å². The van der Waals surface area contributed by atoms with Gasteiger partial charge < -0.3 is 24.6 Å². The van der Waals surface area contributed by atoms with E-state index in [1.165, 1.54) is 0 Å². The van der Waals surface area contributed by atoms with Gasteiger partial charge in [-0.05, 0) is 62.4 Å². The first-order valence-electron chi connectivity index (χ1n) is 12.4. The maximum Gasteiger partial charge on any atom is 0.338 e. The van der Waals surface area contributed by atoms with Crippen molar-refractivity contribution < 1.29 is 23.9 Å². The Morgan fingerprint density at radius 2 is 1.51 bits per heavy atom. The number of amides is 2. The van der Waals surface area contributed by atoms with Crippen molar-refractivity contribution in [1.29, 1.82) is 0 Å². The van der Waals surface area contributed by atoms with Gasteiger partial charge in [0, 0.05) is 37.3 Å². The van der Waals surface area contributed by atoms with Crippen LogP contribution in [-0.4, -0.2) is 62.1 Å². The zero-order chi connectivity index (χ0) is 26.2. The average Bonchev–Trinajstić information content (AvgIpc) is 2.94. The Morgan fingerprint density at radius 1 is 0.784 bits per heavy atom.